The van der Waals surface area contributed by atoms with Gasteiger partial charge in [-0.25, -0.2) is 0 Å². The molecular weight excluding hydrogens is 310 g/mol. The Morgan fingerprint density at radius 3 is 2.74 bits per heavy atom. The van der Waals surface area contributed by atoms with Gasteiger partial charge in [-0.15, -0.1) is 12.3 Å². The maximum atomic E-state index is 12.0. The largest absolute Gasteiger partial charge is 0.353 e. The highest BCUT2D eigenvalue weighted by Gasteiger charge is 2.39. The molecule has 120 valence electrons. The summed E-state index contributed by atoms with van der Waals surface area (Å²) in [6, 6.07) is 8.18. The van der Waals surface area contributed by atoms with Crippen LogP contribution in [-0.4, -0.2) is 17.6 Å². The SMILES string of the molecule is C#CCCC1(CCC(=O)NC2CC(c3ccccc3Cl)C2)N=N1. The molecule has 0 spiro atoms. The predicted octanol–water partition coefficient (Wildman–Crippen LogP) is 4.06. The summed E-state index contributed by atoms with van der Waals surface area (Å²) in [4.78, 5) is 12.0. The molecule has 2 aliphatic rings. The Hall–Kier alpha value is -1.86. The molecule has 0 aromatic heterocycles. The molecule has 23 heavy (non-hydrogen) atoms. The van der Waals surface area contributed by atoms with Gasteiger partial charge in [-0.2, -0.15) is 10.2 Å². The van der Waals surface area contributed by atoms with Crippen molar-refractivity contribution < 1.29 is 4.79 Å². The molecule has 1 N–H and O–H groups in total. The van der Waals surface area contributed by atoms with Crippen LogP contribution in [0.15, 0.2) is 34.5 Å². The number of terminal acetylenes is 1. The summed E-state index contributed by atoms with van der Waals surface area (Å²) in [7, 11) is 0. The average Bonchev–Trinajstić information content (AvgIpc) is 3.28. The number of hydrogen-bond donors (Lipinski definition) is 1. The van der Waals surface area contributed by atoms with Gasteiger partial charge in [0.2, 0.25) is 5.91 Å². The van der Waals surface area contributed by atoms with Gasteiger partial charge in [-0.1, -0.05) is 29.8 Å². The van der Waals surface area contributed by atoms with Gasteiger partial charge >= 0.3 is 0 Å². The summed E-state index contributed by atoms with van der Waals surface area (Å²) in [6.45, 7) is 0. The van der Waals surface area contributed by atoms with Crippen molar-refractivity contribution in [2.45, 2.75) is 56.1 Å². The number of halogens is 1. The number of benzene rings is 1. The molecular formula is C18H20ClN3O. The van der Waals surface area contributed by atoms with E-state index in [0.717, 1.165) is 24.3 Å². The lowest BCUT2D eigenvalue weighted by atomic mass is 9.76. The smallest absolute Gasteiger partial charge is 0.220 e. The minimum Gasteiger partial charge on any atom is -0.353 e. The van der Waals surface area contributed by atoms with Crippen molar-refractivity contribution in [3.8, 4) is 12.3 Å². The van der Waals surface area contributed by atoms with E-state index in [1.165, 1.54) is 5.56 Å². The van der Waals surface area contributed by atoms with Crippen LogP contribution in [0.5, 0.6) is 0 Å². The number of nitrogens with zero attached hydrogens (tertiary/aromatic N) is 2. The maximum Gasteiger partial charge on any atom is 0.220 e. The van der Waals surface area contributed by atoms with E-state index < -0.39 is 0 Å². The second kappa shape index (κ2) is 6.72. The molecule has 1 fully saturated rings. The van der Waals surface area contributed by atoms with E-state index >= 15 is 0 Å². The van der Waals surface area contributed by atoms with E-state index in [1.807, 2.05) is 18.2 Å². The van der Waals surface area contributed by atoms with Crippen molar-refractivity contribution in [2.75, 3.05) is 0 Å². The molecule has 0 saturated heterocycles. The summed E-state index contributed by atoms with van der Waals surface area (Å²) < 4.78 is 0. The Kier molecular flexibility index (Phi) is 4.68. The van der Waals surface area contributed by atoms with Crippen molar-refractivity contribution in [3.05, 3.63) is 34.9 Å². The average molecular weight is 330 g/mol. The lowest BCUT2D eigenvalue weighted by molar-refractivity contribution is -0.122. The Morgan fingerprint density at radius 2 is 2.09 bits per heavy atom. The molecule has 3 rings (SSSR count). The fraction of sp³-hybridized carbons (Fsp3) is 0.500. The Morgan fingerprint density at radius 1 is 1.35 bits per heavy atom. The standard InChI is InChI=1S/C18H20ClN3O/c1-2-3-9-18(21-22-18)10-8-17(23)20-14-11-13(12-14)15-6-4-5-7-16(15)19/h1,4-7,13-14H,3,8-12H2,(H,20,23). The quantitative estimate of drug-likeness (QED) is 0.753. The van der Waals surface area contributed by atoms with Gasteiger partial charge in [0.15, 0.2) is 5.66 Å². The Bertz CT molecular complexity index is 652. The van der Waals surface area contributed by atoms with E-state index in [-0.39, 0.29) is 17.6 Å². The van der Waals surface area contributed by atoms with Crippen LogP contribution in [0.1, 0.15) is 50.0 Å². The van der Waals surface area contributed by atoms with Crippen molar-refractivity contribution in [1.82, 2.24) is 5.32 Å². The van der Waals surface area contributed by atoms with Crippen LogP contribution in [0.2, 0.25) is 5.02 Å². The second-order valence-electron chi connectivity index (χ2n) is 6.34. The summed E-state index contributed by atoms with van der Waals surface area (Å²) in [5, 5.41) is 12.0. The third kappa shape index (κ3) is 3.92. The lowest BCUT2D eigenvalue weighted by Gasteiger charge is -2.36. The highest BCUT2D eigenvalue weighted by molar-refractivity contribution is 6.31. The Balaban J connectivity index is 1.38. The van der Waals surface area contributed by atoms with Crippen molar-refractivity contribution >= 4 is 17.5 Å². The van der Waals surface area contributed by atoms with Crippen LogP contribution in [0.3, 0.4) is 0 Å². The fourth-order valence-corrected chi connectivity index (χ4v) is 3.37. The molecule has 0 bridgehead atoms. The first kappa shape index (κ1) is 16.0. The van der Waals surface area contributed by atoms with Crippen LogP contribution >= 0.6 is 11.6 Å². The van der Waals surface area contributed by atoms with Crippen LogP contribution in [0.25, 0.3) is 0 Å². The summed E-state index contributed by atoms with van der Waals surface area (Å²) in [5.41, 5.74) is 0.812. The summed E-state index contributed by atoms with van der Waals surface area (Å²) >= 11 is 6.21. The van der Waals surface area contributed by atoms with Gasteiger partial charge in [0.1, 0.15) is 0 Å². The van der Waals surface area contributed by atoms with Crippen LogP contribution < -0.4 is 5.32 Å². The van der Waals surface area contributed by atoms with Gasteiger partial charge in [-0.05, 0) is 30.4 Å². The third-order valence-corrected chi connectivity index (χ3v) is 5.00. The van der Waals surface area contributed by atoms with Crippen molar-refractivity contribution in [1.29, 1.82) is 0 Å². The van der Waals surface area contributed by atoms with Crippen LogP contribution in [0, 0.1) is 12.3 Å². The van der Waals surface area contributed by atoms with Crippen LogP contribution in [-0.2, 0) is 4.79 Å². The Labute approximate surface area is 141 Å². The molecule has 1 aromatic rings. The maximum absolute atomic E-state index is 12.0. The molecule has 0 unspecified atom stereocenters. The molecule has 0 radical (unpaired) electrons. The van der Waals surface area contributed by atoms with Gasteiger partial charge in [-0.3, -0.25) is 4.79 Å². The second-order valence-corrected chi connectivity index (χ2v) is 6.75. The number of carbonyl (C=O) groups excluding carboxylic acids is 1. The first-order chi connectivity index (χ1) is 11.1. The minimum absolute atomic E-state index is 0.0741. The molecule has 1 amide bonds. The lowest BCUT2D eigenvalue weighted by Crippen LogP contribution is -2.43. The van der Waals surface area contributed by atoms with Gasteiger partial charge in [0.25, 0.3) is 0 Å². The monoisotopic (exact) mass is 329 g/mol. The first-order valence-corrected chi connectivity index (χ1v) is 8.41. The molecule has 1 aliphatic heterocycles. The van der Waals surface area contributed by atoms with Crippen molar-refractivity contribution in [3.63, 3.8) is 0 Å². The van der Waals surface area contributed by atoms with E-state index in [9.17, 15) is 4.79 Å². The number of carbonyl (C=O) groups is 1. The molecule has 1 aromatic carbocycles. The van der Waals surface area contributed by atoms with E-state index in [4.69, 9.17) is 18.0 Å². The normalized spacial score (nSPS) is 23.7. The van der Waals surface area contributed by atoms with Crippen molar-refractivity contribution in [2.24, 2.45) is 10.2 Å². The van der Waals surface area contributed by atoms with E-state index in [0.29, 0.717) is 25.2 Å². The summed E-state index contributed by atoms with van der Waals surface area (Å²) in [5.74, 6) is 3.12. The molecule has 1 heterocycles. The number of rotatable bonds is 7. The molecule has 1 saturated carbocycles. The zero-order valence-electron chi connectivity index (χ0n) is 13.0. The fourth-order valence-electron chi connectivity index (χ4n) is 3.08. The zero-order chi connectivity index (χ0) is 16.3. The number of hydrogen-bond acceptors (Lipinski definition) is 3. The van der Waals surface area contributed by atoms with Crippen LogP contribution in [0.4, 0.5) is 0 Å². The molecule has 1 aliphatic carbocycles. The summed E-state index contributed by atoms with van der Waals surface area (Å²) in [6.07, 6.45) is 9.66. The third-order valence-electron chi connectivity index (χ3n) is 4.65. The molecule has 0 atom stereocenters. The molecule has 5 heteroatoms. The highest BCUT2D eigenvalue weighted by Crippen LogP contribution is 2.40. The highest BCUT2D eigenvalue weighted by atomic mass is 35.5. The topological polar surface area (TPSA) is 53.8 Å². The zero-order valence-corrected chi connectivity index (χ0v) is 13.7. The van der Waals surface area contributed by atoms with Gasteiger partial charge in [0, 0.05) is 36.7 Å². The minimum atomic E-state index is -0.372. The first-order valence-electron chi connectivity index (χ1n) is 8.03. The van der Waals surface area contributed by atoms with E-state index in [1.54, 1.807) is 0 Å². The molecule has 4 nitrogen and oxygen atoms in total. The van der Waals surface area contributed by atoms with Gasteiger partial charge in [0.05, 0.1) is 0 Å². The van der Waals surface area contributed by atoms with E-state index in [2.05, 4.69) is 27.5 Å². The number of amides is 1. The number of nitrogens with one attached hydrogen (secondary N) is 1. The predicted molar refractivity (Wildman–Crippen MR) is 90.2 cm³/mol. The van der Waals surface area contributed by atoms with Gasteiger partial charge < -0.3 is 5.32 Å².